The number of phenols is 1. The molecule has 14 heteroatoms. The fourth-order valence-corrected chi connectivity index (χ4v) is 4.75. The Morgan fingerprint density at radius 3 is 2.23 bits per heavy atom. The van der Waals surface area contributed by atoms with Crippen molar-refractivity contribution in [3.63, 3.8) is 0 Å². The highest BCUT2D eigenvalue weighted by Crippen LogP contribution is 2.36. The van der Waals surface area contributed by atoms with Gasteiger partial charge in [0.15, 0.2) is 6.29 Å². The average Bonchev–Trinajstić information content (AvgIpc) is 3.21. The van der Waals surface area contributed by atoms with E-state index in [4.69, 9.17) is 18.9 Å². The molecule has 0 amide bonds. The minimum atomic E-state index is -2.36. The van der Waals surface area contributed by atoms with Gasteiger partial charge < -0.3 is 64.9 Å². The molecule has 3 rings (SSSR count). The van der Waals surface area contributed by atoms with Gasteiger partial charge in [0.05, 0.1) is 18.3 Å². The van der Waals surface area contributed by atoms with Crippen molar-refractivity contribution in [1.29, 1.82) is 0 Å². The second-order valence-corrected chi connectivity index (χ2v) is 11.2. The summed E-state index contributed by atoms with van der Waals surface area (Å²) in [5.74, 6) is -3.35. The molecule has 0 radical (unpaired) electrons. The van der Waals surface area contributed by atoms with Crippen LogP contribution in [0.25, 0.3) is 0 Å². The second kappa shape index (κ2) is 14.5. The summed E-state index contributed by atoms with van der Waals surface area (Å²) in [7, 11) is 0. The fraction of sp³-hybridized carbons (Fsp3) is 0.621. The smallest absolute Gasteiger partial charge is 0.338 e. The van der Waals surface area contributed by atoms with Crippen molar-refractivity contribution in [2.45, 2.75) is 94.5 Å². The van der Waals surface area contributed by atoms with E-state index in [-0.39, 0.29) is 29.7 Å². The highest BCUT2D eigenvalue weighted by atomic mass is 16.8. The maximum atomic E-state index is 13.1. The molecular formula is C29H42O14. The summed E-state index contributed by atoms with van der Waals surface area (Å²) in [6.07, 6.45) is -12.7. The average molecular weight is 615 g/mol. The fourth-order valence-electron chi connectivity index (χ4n) is 4.75. The number of aliphatic hydroxyl groups is 8. The predicted molar refractivity (Wildman–Crippen MR) is 148 cm³/mol. The molecule has 14 nitrogen and oxygen atoms in total. The number of phenolic OH excluding ortho intramolecular Hbond substituents is 1. The Labute approximate surface area is 248 Å². The van der Waals surface area contributed by atoms with E-state index in [0.717, 1.165) is 5.57 Å². The largest absolute Gasteiger partial charge is 0.507 e. The number of hydrogen-bond donors (Lipinski definition) is 9. The number of carbonyl (C=O) groups excluding carboxylic acids is 1. The van der Waals surface area contributed by atoms with Crippen molar-refractivity contribution >= 4 is 5.97 Å². The van der Waals surface area contributed by atoms with Crippen molar-refractivity contribution in [2.75, 3.05) is 19.8 Å². The van der Waals surface area contributed by atoms with Crippen molar-refractivity contribution in [1.82, 2.24) is 0 Å². The van der Waals surface area contributed by atoms with Crippen LogP contribution < -0.4 is 0 Å². The Bertz CT molecular complexity index is 1170. The lowest BCUT2D eigenvalue weighted by Gasteiger charge is -2.43. The molecule has 0 unspecified atom stereocenters. The summed E-state index contributed by atoms with van der Waals surface area (Å²) in [6, 6.07) is 2.77. The number of allylic oxidation sites excluding steroid dienone is 2. The molecule has 43 heavy (non-hydrogen) atoms. The van der Waals surface area contributed by atoms with E-state index in [1.165, 1.54) is 12.1 Å². The molecule has 242 valence electrons. The Morgan fingerprint density at radius 2 is 1.67 bits per heavy atom. The van der Waals surface area contributed by atoms with Crippen molar-refractivity contribution in [2.24, 2.45) is 0 Å². The quantitative estimate of drug-likeness (QED) is 0.0930. The molecule has 0 aliphatic carbocycles. The van der Waals surface area contributed by atoms with Gasteiger partial charge in [0.2, 0.25) is 5.79 Å². The van der Waals surface area contributed by atoms with Gasteiger partial charge in [0.1, 0.15) is 61.7 Å². The van der Waals surface area contributed by atoms with Crippen LogP contribution in [0.15, 0.2) is 35.9 Å². The van der Waals surface area contributed by atoms with Gasteiger partial charge >= 0.3 is 5.97 Å². The molecule has 1 aromatic rings. The summed E-state index contributed by atoms with van der Waals surface area (Å²) in [5.41, 5.74) is 2.11. The van der Waals surface area contributed by atoms with Gasteiger partial charge in [-0.15, -0.1) is 0 Å². The third-order valence-electron chi connectivity index (χ3n) is 7.48. The Balaban J connectivity index is 1.80. The van der Waals surface area contributed by atoms with Crippen molar-refractivity contribution in [3.8, 4) is 5.75 Å². The minimum absolute atomic E-state index is 0.0169. The molecule has 0 aromatic heterocycles. The number of esters is 1. The molecule has 2 saturated heterocycles. The zero-order valence-electron chi connectivity index (χ0n) is 24.2. The lowest BCUT2D eigenvalue weighted by Crippen LogP contribution is -2.62. The summed E-state index contributed by atoms with van der Waals surface area (Å²) in [6.45, 7) is 6.62. The number of ether oxygens (including phenoxy) is 4. The van der Waals surface area contributed by atoms with Crippen LogP contribution in [0.2, 0.25) is 0 Å². The van der Waals surface area contributed by atoms with E-state index < -0.39 is 86.7 Å². The highest BCUT2D eigenvalue weighted by molar-refractivity contribution is 5.90. The molecule has 10 atom stereocenters. The molecule has 2 heterocycles. The summed E-state index contributed by atoms with van der Waals surface area (Å²) in [5, 5.41) is 92.3. The van der Waals surface area contributed by atoms with Crippen LogP contribution in [0.3, 0.4) is 0 Å². The van der Waals surface area contributed by atoms with Gasteiger partial charge in [-0.25, -0.2) is 4.79 Å². The number of carbonyl (C=O) groups is 1. The molecule has 0 saturated carbocycles. The van der Waals surface area contributed by atoms with Crippen LogP contribution in [0, 0.1) is 0 Å². The third kappa shape index (κ3) is 7.79. The standard InChI is InChI=1S/C29H42O14/c1-13(2)5-6-15-7-17(8-16(21(15)33)9-18(32)14(3)4)27(39)40-11-20-22(34)24(36)25(37)28(41-20)43-29(12-31)26(38)23(35)19(10-30)42-29/h5,7-8,18-20,22-26,28,30-38H,3,6,9-12H2,1-2,4H3/t18-,19-,20-,22-,23-,24+,25-,26+,28-,29+/m1/s1. The molecule has 2 aliphatic rings. The van der Waals surface area contributed by atoms with Crippen LogP contribution in [0.1, 0.15) is 42.3 Å². The first-order chi connectivity index (χ1) is 20.1. The van der Waals surface area contributed by atoms with E-state index in [1.807, 2.05) is 19.9 Å². The summed E-state index contributed by atoms with van der Waals surface area (Å²) in [4.78, 5) is 13.1. The predicted octanol–water partition coefficient (Wildman–Crippen LogP) is -1.84. The van der Waals surface area contributed by atoms with Gasteiger partial charge in [-0.05, 0) is 50.5 Å². The first-order valence-electron chi connectivity index (χ1n) is 13.8. The van der Waals surface area contributed by atoms with E-state index >= 15 is 0 Å². The molecule has 1 aromatic carbocycles. The first-order valence-corrected chi connectivity index (χ1v) is 13.8. The number of aromatic hydroxyl groups is 1. The zero-order valence-corrected chi connectivity index (χ0v) is 24.2. The lowest BCUT2D eigenvalue weighted by atomic mass is 9.95. The van der Waals surface area contributed by atoms with Crippen LogP contribution in [-0.2, 0) is 31.8 Å². The molecule has 0 spiro atoms. The number of aliphatic hydroxyl groups excluding tert-OH is 8. The van der Waals surface area contributed by atoms with Gasteiger partial charge in [0.25, 0.3) is 0 Å². The maximum absolute atomic E-state index is 13.1. The Kier molecular flexibility index (Phi) is 11.8. The zero-order chi connectivity index (χ0) is 32.2. The minimum Gasteiger partial charge on any atom is -0.507 e. The van der Waals surface area contributed by atoms with Crippen LogP contribution in [-0.4, -0.2) is 133 Å². The van der Waals surface area contributed by atoms with Crippen LogP contribution in [0.5, 0.6) is 5.75 Å². The number of hydrogen-bond acceptors (Lipinski definition) is 14. The van der Waals surface area contributed by atoms with E-state index in [9.17, 15) is 50.8 Å². The van der Waals surface area contributed by atoms with E-state index in [2.05, 4.69) is 6.58 Å². The number of benzene rings is 1. The number of rotatable bonds is 12. The monoisotopic (exact) mass is 614 g/mol. The van der Waals surface area contributed by atoms with Crippen LogP contribution >= 0.6 is 0 Å². The van der Waals surface area contributed by atoms with Crippen LogP contribution in [0.4, 0.5) is 0 Å². The van der Waals surface area contributed by atoms with E-state index in [0.29, 0.717) is 11.1 Å². The molecule has 2 fully saturated rings. The topological polar surface area (TPSA) is 236 Å². The van der Waals surface area contributed by atoms with Crippen molar-refractivity contribution < 1.29 is 69.7 Å². The molecule has 9 N–H and O–H groups in total. The normalized spacial score (nSPS) is 33.2. The second-order valence-electron chi connectivity index (χ2n) is 11.2. The van der Waals surface area contributed by atoms with Gasteiger partial charge in [-0.3, -0.25) is 0 Å². The lowest BCUT2D eigenvalue weighted by molar-refractivity contribution is -0.383. The highest BCUT2D eigenvalue weighted by Gasteiger charge is 2.58. The SMILES string of the molecule is C=C(C)[C@H](O)Cc1cc(C(=O)OC[C@H]2O[C@H](O[C@]3(CO)O[C@H](CO)[C@@H](O)[C@@H]3O)[C@H](O)[C@@H](O)[C@@H]2O)cc(CC=C(C)C)c1O. The summed E-state index contributed by atoms with van der Waals surface area (Å²) >= 11 is 0. The van der Waals surface area contributed by atoms with E-state index in [1.54, 1.807) is 6.92 Å². The van der Waals surface area contributed by atoms with Gasteiger partial charge in [-0.1, -0.05) is 23.8 Å². The summed E-state index contributed by atoms with van der Waals surface area (Å²) < 4.78 is 21.6. The third-order valence-corrected chi connectivity index (χ3v) is 7.48. The van der Waals surface area contributed by atoms with Crippen molar-refractivity contribution in [3.05, 3.63) is 52.6 Å². The Morgan fingerprint density at radius 1 is 1.02 bits per heavy atom. The van der Waals surface area contributed by atoms with Gasteiger partial charge in [0, 0.05) is 6.42 Å². The first kappa shape index (κ1) is 35.0. The van der Waals surface area contributed by atoms with Gasteiger partial charge in [-0.2, -0.15) is 0 Å². The molecule has 2 aliphatic heterocycles. The molecule has 0 bridgehead atoms. The molecular weight excluding hydrogens is 572 g/mol. The Hall–Kier alpha value is -2.47. The maximum Gasteiger partial charge on any atom is 0.338 e.